The molecule has 0 atom stereocenters. The van der Waals surface area contributed by atoms with E-state index in [4.69, 9.17) is 9.72 Å². The number of rotatable bonds is 8. The zero-order valence-electron chi connectivity index (χ0n) is 47.3. The van der Waals surface area contributed by atoms with E-state index in [0.717, 1.165) is 83.0 Å². The van der Waals surface area contributed by atoms with Crippen molar-refractivity contribution in [3.8, 4) is 50.7 Å². The van der Waals surface area contributed by atoms with Gasteiger partial charge in [-0.15, -0.1) is 53.6 Å². The normalized spacial score (nSPS) is 13.9. The van der Waals surface area contributed by atoms with Crippen molar-refractivity contribution >= 4 is 88.2 Å². The first-order chi connectivity index (χ1) is 39.9. The Morgan fingerprint density at radius 3 is 1.69 bits per heavy atom. The molecule has 0 saturated heterocycles. The monoisotopic (exact) mass is 1180 g/mol. The molecule has 0 radical (unpaired) electrons. The molecule has 1 aliphatic rings. The number of benzene rings is 10. The Bertz CT molecular complexity index is 4770. The molecule has 0 N–H and O–H groups in total. The molecule has 77 heavy (non-hydrogen) atoms. The van der Waals surface area contributed by atoms with Gasteiger partial charge in [-0.1, -0.05) is 163 Å². The molecule has 1 aliphatic heterocycles. The van der Waals surface area contributed by atoms with E-state index in [0.29, 0.717) is 61.4 Å². The van der Waals surface area contributed by atoms with Crippen LogP contribution in [0.3, 0.4) is 0 Å². The molecule has 0 fully saturated rings. The van der Waals surface area contributed by atoms with Crippen molar-refractivity contribution < 1.29 is 34.0 Å². The Morgan fingerprint density at radius 1 is 0.494 bits per heavy atom. The van der Waals surface area contributed by atoms with Crippen LogP contribution in [0.4, 0.5) is 22.7 Å². The third-order valence-electron chi connectivity index (χ3n) is 15.0. The summed E-state index contributed by atoms with van der Waals surface area (Å²) in [6.45, 7) is -1.40. The summed E-state index contributed by atoms with van der Waals surface area (Å²) in [5, 5.41) is 4.87. The first-order valence-corrected chi connectivity index (χ1v) is 25.3. The predicted molar refractivity (Wildman–Crippen MR) is 313 cm³/mol. The van der Waals surface area contributed by atoms with Crippen molar-refractivity contribution in [2.45, 2.75) is 6.92 Å². The van der Waals surface area contributed by atoms with Gasteiger partial charge in [-0.05, 0) is 71.0 Å². The van der Waals surface area contributed by atoms with Crippen LogP contribution in [0.1, 0.15) is 13.8 Å². The van der Waals surface area contributed by atoms with Crippen molar-refractivity contribution in [2.24, 2.45) is 14.0 Å². The maximum absolute atomic E-state index is 9.32. The Balaban J connectivity index is 0.00000614. The maximum Gasteiger partial charge on any atom is 0.135 e. The molecule has 15 rings (SSSR count). The number of aromatic nitrogens is 4. The van der Waals surface area contributed by atoms with Gasteiger partial charge in [0.1, 0.15) is 5.82 Å². The smallest absolute Gasteiger partial charge is 0.135 e. The van der Waals surface area contributed by atoms with E-state index >= 15 is 0 Å². The average Bonchev–Trinajstić information content (AvgIpc) is 1.61. The largest absolute Gasteiger partial charge is 0.509 e. The van der Waals surface area contributed by atoms with Gasteiger partial charge in [0.2, 0.25) is 0 Å². The van der Waals surface area contributed by atoms with Crippen molar-refractivity contribution in [2.75, 3.05) is 9.80 Å². The van der Waals surface area contributed by atoms with Gasteiger partial charge in [-0.25, -0.2) is 4.98 Å². The molecule has 10 aromatic carbocycles. The number of pyridine rings is 1. The molecule has 0 amide bonds. The fraction of sp³-hybridized carbons (Fsp3) is 0.0435. The van der Waals surface area contributed by atoms with Crippen LogP contribution in [0.2, 0.25) is 0 Å². The van der Waals surface area contributed by atoms with E-state index in [9.17, 15) is 8.22 Å². The minimum absolute atomic E-state index is 0. The number of para-hydroxylation sites is 5. The van der Waals surface area contributed by atoms with Crippen LogP contribution in [0.5, 0.6) is 11.5 Å². The summed E-state index contributed by atoms with van der Waals surface area (Å²) >= 11 is 0. The van der Waals surface area contributed by atoms with Gasteiger partial charge in [-0.3, -0.25) is 0 Å². The van der Waals surface area contributed by atoms with Gasteiger partial charge in [0.25, 0.3) is 0 Å². The summed E-state index contributed by atoms with van der Waals surface area (Å²) in [4.78, 5) is 9.03. The van der Waals surface area contributed by atoms with Gasteiger partial charge in [0.05, 0.1) is 16.7 Å². The minimum atomic E-state index is -2.71. The van der Waals surface area contributed by atoms with Gasteiger partial charge in [0, 0.05) is 122 Å². The number of nitrogens with zero attached hydrogens (tertiary/aromatic N) is 6. The molecule has 8 heteroatoms. The van der Waals surface area contributed by atoms with E-state index in [1.165, 1.54) is 9.13 Å². The molecule has 0 spiro atoms. The van der Waals surface area contributed by atoms with E-state index in [1.807, 2.05) is 186 Å². The number of ether oxygens (including phenoxy) is 1. The summed E-state index contributed by atoms with van der Waals surface area (Å²) in [7, 11) is 0. The Morgan fingerprint density at radius 2 is 1.05 bits per heavy atom. The SMILES string of the molecule is [2H]C([2H])([2H])n1c2ccccc2c2c(-c3ccccc3)c3c4ccccc4n(C([2H])([2H])[2H])c3c(N3[CH-]N(c4[c-]c(Oc5[c-]c6c(cc5)c5ccccc5n6-c5cc(C)c(-c6ccccc6)cn5)cc(-c5ccccc5)c4)c4ccccc43)c21.[Pt]. The molecule has 0 unspecified atom stereocenters. The molecule has 14 aromatic rings. The summed E-state index contributed by atoms with van der Waals surface area (Å²) in [5.74, 6) is 1.64. The molecule has 372 valence electrons. The van der Waals surface area contributed by atoms with Crippen LogP contribution >= 0.6 is 0 Å². The van der Waals surface area contributed by atoms with Crippen molar-refractivity contribution in [3.63, 3.8) is 0 Å². The van der Waals surface area contributed by atoms with Crippen molar-refractivity contribution in [1.29, 1.82) is 0 Å². The summed E-state index contributed by atoms with van der Waals surface area (Å²) in [6.07, 6.45) is 1.94. The van der Waals surface area contributed by atoms with Crippen LogP contribution in [0.25, 0.3) is 105 Å². The zero-order chi connectivity index (χ0) is 55.6. The van der Waals surface area contributed by atoms with E-state index in [2.05, 4.69) is 78.2 Å². The van der Waals surface area contributed by atoms with E-state index in [-0.39, 0.29) is 21.1 Å². The number of hydrogen-bond acceptors (Lipinski definition) is 4. The third-order valence-corrected chi connectivity index (χ3v) is 15.0. The van der Waals surface area contributed by atoms with Crippen molar-refractivity contribution in [1.82, 2.24) is 18.7 Å². The van der Waals surface area contributed by atoms with Gasteiger partial charge in [0.15, 0.2) is 0 Å². The summed E-state index contributed by atoms with van der Waals surface area (Å²) in [6, 6.07) is 78.9. The van der Waals surface area contributed by atoms with Crippen LogP contribution < -0.4 is 14.5 Å². The van der Waals surface area contributed by atoms with E-state index in [1.54, 1.807) is 0 Å². The second-order valence-electron chi connectivity index (χ2n) is 19.3. The molecule has 7 nitrogen and oxygen atoms in total. The fourth-order valence-electron chi connectivity index (χ4n) is 11.7. The molecule has 4 aromatic heterocycles. The van der Waals surface area contributed by atoms with Gasteiger partial charge >= 0.3 is 0 Å². The maximum atomic E-state index is 9.32. The quantitative estimate of drug-likeness (QED) is 0.142. The third kappa shape index (κ3) is 7.25. The number of fused-ring (bicyclic) bond motifs is 10. The van der Waals surface area contributed by atoms with Crippen LogP contribution in [-0.2, 0) is 35.0 Å². The molecule has 5 heterocycles. The number of anilines is 4. The Kier molecular flexibility index (Phi) is 9.55. The van der Waals surface area contributed by atoms with Crippen LogP contribution in [0, 0.1) is 25.7 Å². The second kappa shape index (κ2) is 18.3. The Hall–Kier alpha value is -9.16. The topological polar surface area (TPSA) is 43.4 Å². The Labute approximate surface area is 468 Å². The zero-order valence-corrected chi connectivity index (χ0v) is 43.6. The van der Waals surface area contributed by atoms with Crippen LogP contribution in [-0.4, -0.2) is 18.7 Å². The number of aryl methyl sites for hydroxylation is 3. The standard InChI is InChI=1S/C69H47N6O.Pt/c1-44-37-63(70-42-56(44)46-23-9-5-10-24-46)75-59-32-18-13-27-52(59)53-36-35-50(41-62(53)75)76-51-39-48(45-21-7-4-8-22-45)38-49(40-51)73-43-74(61-34-20-19-33-60(61)73)69-67-65(54-28-14-16-30-57(54)71(67)2)64(47-25-11-6-12-26-47)66-55-29-15-17-31-58(55)72(3)68(66)69;/h4-39,42-43H,1-3H3;/q-3;/i2D3,3D3;. The average molecular weight is 1180 g/mol. The first kappa shape index (κ1) is 40.2. The predicted octanol–water partition coefficient (Wildman–Crippen LogP) is 17.6. The molecule has 0 saturated carbocycles. The minimum Gasteiger partial charge on any atom is -0.509 e. The fourth-order valence-corrected chi connectivity index (χ4v) is 11.7. The van der Waals surface area contributed by atoms with Gasteiger partial charge < -0.3 is 28.2 Å². The van der Waals surface area contributed by atoms with E-state index < -0.39 is 14.0 Å². The molecule has 0 bridgehead atoms. The first-order valence-electron chi connectivity index (χ1n) is 28.3. The van der Waals surface area contributed by atoms with Gasteiger partial charge in [-0.2, -0.15) is 6.07 Å². The molecule has 0 aliphatic carbocycles. The van der Waals surface area contributed by atoms with Crippen LogP contribution in [0.15, 0.2) is 225 Å². The van der Waals surface area contributed by atoms with Crippen molar-refractivity contribution in [3.05, 3.63) is 249 Å². The summed E-state index contributed by atoms with van der Waals surface area (Å²) in [5.41, 5.74) is 12.5. The summed E-state index contributed by atoms with van der Waals surface area (Å²) < 4.78 is 67.8. The number of hydrogen-bond donors (Lipinski definition) is 0. The molecular weight excluding hydrogens is 1120 g/mol. The molecular formula is C69H47N6OPt-3. The second-order valence-corrected chi connectivity index (χ2v) is 19.3.